The minimum Gasteiger partial charge on any atom is -0.383 e. The molecule has 2 aliphatic heterocycles. The number of carbonyl (C=O) groups excluding carboxylic acids is 3. The number of nitrogen functional groups attached to an aromatic ring is 1. The molecule has 300 valence electrons. The van der Waals surface area contributed by atoms with Gasteiger partial charge in [0.05, 0.1) is 11.6 Å². The van der Waals surface area contributed by atoms with Crippen LogP contribution in [0.15, 0.2) is 77.4 Å². The lowest BCUT2D eigenvalue weighted by atomic mass is 9.89. The average molecular weight is 802 g/mol. The zero-order valence-electron chi connectivity index (χ0n) is 33.2. The monoisotopic (exact) mass is 801 g/mol. The molecule has 2 aromatic heterocycles. The first kappa shape index (κ1) is 40.3. The first-order valence-electron chi connectivity index (χ1n) is 19.5. The molecule has 2 fully saturated rings. The highest BCUT2D eigenvalue weighted by atomic mass is 35.5. The largest absolute Gasteiger partial charge is 0.383 e. The molecule has 2 saturated heterocycles. The third-order valence-electron chi connectivity index (χ3n) is 10.9. The maximum atomic E-state index is 12.7. The van der Waals surface area contributed by atoms with Gasteiger partial charge in [-0.3, -0.25) is 30.0 Å². The number of nitrogens with one attached hydrogen (secondary N) is 3. The third-order valence-corrected chi connectivity index (χ3v) is 11.2. The number of benzene rings is 3. The van der Waals surface area contributed by atoms with E-state index in [0.29, 0.717) is 34.9 Å². The molecule has 1 unspecified atom stereocenters. The minimum atomic E-state index is -0.422. The summed E-state index contributed by atoms with van der Waals surface area (Å²) >= 11 is 6.61. The Morgan fingerprint density at radius 3 is 2.45 bits per heavy atom. The van der Waals surface area contributed by atoms with Gasteiger partial charge < -0.3 is 20.5 Å². The van der Waals surface area contributed by atoms with Crippen LogP contribution in [0.25, 0.3) is 11.1 Å². The van der Waals surface area contributed by atoms with Crippen LogP contribution in [0.4, 0.5) is 11.5 Å². The second-order valence-electron chi connectivity index (χ2n) is 16.0. The number of carbonyl (C=O) groups is 3. The number of anilines is 2. The van der Waals surface area contributed by atoms with E-state index in [1.807, 2.05) is 70.2 Å². The molecule has 3 amide bonds. The van der Waals surface area contributed by atoms with Crippen LogP contribution in [0, 0.1) is 12.3 Å². The van der Waals surface area contributed by atoms with E-state index in [2.05, 4.69) is 59.8 Å². The molecule has 13 nitrogen and oxygen atoms in total. The zero-order valence-corrected chi connectivity index (χ0v) is 33.9. The van der Waals surface area contributed by atoms with Gasteiger partial charge in [0.1, 0.15) is 5.82 Å². The Bertz CT molecular complexity index is 2360. The Kier molecular flexibility index (Phi) is 11.7. The van der Waals surface area contributed by atoms with Crippen LogP contribution in [0.1, 0.15) is 89.4 Å². The van der Waals surface area contributed by atoms with Crippen molar-refractivity contribution in [3.8, 4) is 11.1 Å². The van der Waals surface area contributed by atoms with Gasteiger partial charge in [-0.2, -0.15) is 4.98 Å². The van der Waals surface area contributed by atoms with Crippen LogP contribution in [0.5, 0.6) is 0 Å². The number of aryl methyl sites for hydroxylation is 1. The van der Waals surface area contributed by atoms with Gasteiger partial charge in [-0.15, -0.1) is 0 Å². The number of amides is 3. The number of piperidine rings is 1. The van der Waals surface area contributed by atoms with Crippen LogP contribution >= 0.6 is 11.6 Å². The van der Waals surface area contributed by atoms with Crippen LogP contribution < -0.4 is 21.3 Å². The summed E-state index contributed by atoms with van der Waals surface area (Å²) in [5.74, 6) is -0.655. The summed E-state index contributed by atoms with van der Waals surface area (Å²) < 4.78 is 5.25. The summed E-state index contributed by atoms with van der Waals surface area (Å²) in [5.41, 5.74) is 14.1. The van der Waals surface area contributed by atoms with Crippen LogP contribution in [0.3, 0.4) is 0 Å². The summed E-state index contributed by atoms with van der Waals surface area (Å²) in [6.07, 6.45) is 3.40. The van der Waals surface area contributed by atoms with E-state index in [1.165, 1.54) is 0 Å². The van der Waals surface area contributed by atoms with Gasteiger partial charge in [0.15, 0.2) is 0 Å². The Morgan fingerprint density at radius 2 is 1.78 bits per heavy atom. The highest BCUT2D eigenvalue weighted by Gasteiger charge is 2.30. The molecular formula is C44H48ClN9O4. The summed E-state index contributed by atoms with van der Waals surface area (Å²) in [7, 11) is 0. The Balaban J connectivity index is 0.918. The second-order valence-corrected chi connectivity index (χ2v) is 16.4. The van der Waals surface area contributed by atoms with Gasteiger partial charge >= 0.3 is 0 Å². The quantitative estimate of drug-likeness (QED) is 0.0886. The molecule has 7 rings (SSSR count). The maximum Gasteiger partial charge on any atom is 0.292 e. The number of aromatic nitrogens is 3. The van der Waals surface area contributed by atoms with E-state index >= 15 is 0 Å². The fraction of sp³-hybridized carbons (Fsp3) is 0.341. The SMILES string of the molecule is Cc1cc(C(=N)c2cc(-c3ccc(N4CCN(CCc5ccc(C6CCC(=O)NC6=O)c(Cl)c5)CC4)cc3)cnc2N)ccc1CNC(=O)c1noc(C(C)(C)C)n1. The number of nitrogens with zero attached hydrogens (tertiary/aromatic N) is 5. The number of piperazine rings is 1. The molecule has 0 saturated carbocycles. The Morgan fingerprint density at radius 1 is 1.02 bits per heavy atom. The lowest BCUT2D eigenvalue weighted by Crippen LogP contribution is -2.47. The Hall–Kier alpha value is -5.92. The van der Waals surface area contributed by atoms with Crippen molar-refractivity contribution in [1.29, 1.82) is 5.41 Å². The van der Waals surface area contributed by atoms with Crippen LogP contribution in [-0.4, -0.2) is 76.2 Å². The number of halogens is 1. The van der Waals surface area contributed by atoms with Crippen molar-refractivity contribution in [2.75, 3.05) is 43.4 Å². The Labute approximate surface area is 342 Å². The molecule has 0 radical (unpaired) electrons. The molecule has 5 aromatic rings. The van der Waals surface area contributed by atoms with Gasteiger partial charge in [-0.1, -0.05) is 73.9 Å². The van der Waals surface area contributed by atoms with Crippen molar-refractivity contribution in [1.82, 2.24) is 30.7 Å². The molecule has 0 spiro atoms. The number of pyridine rings is 1. The lowest BCUT2D eigenvalue weighted by molar-refractivity contribution is -0.134. The van der Waals surface area contributed by atoms with Crippen molar-refractivity contribution < 1.29 is 18.9 Å². The normalized spacial score (nSPS) is 16.3. The topological polar surface area (TPSA) is 183 Å². The molecule has 1 atom stereocenters. The van der Waals surface area contributed by atoms with Gasteiger partial charge in [0.2, 0.25) is 17.7 Å². The fourth-order valence-electron chi connectivity index (χ4n) is 7.29. The van der Waals surface area contributed by atoms with E-state index in [-0.39, 0.29) is 47.0 Å². The van der Waals surface area contributed by atoms with Gasteiger partial charge in [-0.05, 0) is 77.9 Å². The zero-order chi connectivity index (χ0) is 41.1. The van der Waals surface area contributed by atoms with E-state index in [4.69, 9.17) is 27.3 Å². The number of imide groups is 1. The van der Waals surface area contributed by atoms with Crippen molar-refractivity contribution in [2.24, 2.45) is 0 Å². The van der Waals surface area contributed by atoms with E-state index in [0.717, 1.165) is 78.2 Å². The highest BCUT2D eigenvalue weighted by Crippen LogP contribution is 2.32. The summed E-state index contributed by atoms with van der Waals surface area (Å²) in [6.45, 7) is 12.6. The molecule has 4 heterocycles. The predicted octanol–water partition coefficient (Wildman–Crippen LogP) is 6.20. The number of rotatable bonds is 11. The van der Waals surface area contributed by atoms with E-state index < -0.39 is 5.91 Å². The van der Waals surface area contributed by atoms with Gasteiger partial charge in [-0.25, -0.2) is 4.98 Å². The third kappa shape index (κ3) is 9.11. The lowest BCUT2D eigenvalue weighted by Gasteiger charge is -2.36. The fourth-order valence-corrected chi connectivity index (χ4v) is 7.63. The number of nitrogens with two attached hydrogens (primary N) is 1. The van der Waals surface area contributed by atoms with Crippen molar-refractivity contribution in [3.05, 3.63) is 123 Å². The molecule has 2 aliphatic rings. The molecule has 5 N–H and O–H groups in total. The van der Waals surface area contributed by atoms with Crippen molar-refractivity contribution in [2.45, 2.75) is 64.8 Å². The first-order chi connectivity index (χ1) is 27.7. The molecule has 0 aliphatic carbocycles. The second kappa shape index (κ2) is 16.9. The van der Waals surface area contributed by atoms with Crippen molar-refractivity contribution >= 4 is 46.5 Å². The van der Waals surface area contributed by atoms with Crippen molar-refractivity contribution in [3.63, 3.8) is 0 Å². The summed E-state index contributed by atoms with van der Waals surface area (Å²) in [5, 5.41) is 18.7. The van der Waals surface area contributed by atoms with Crippen LogP contribution in [0.2, 0.25) is 5.02 Å². The van der Waals surface area contributed by atoms with Crippen LogP contribution in [-0.2, 0) is 28.0 Å². The average Bonchev–Trinajstić information content (AvgIpc) is 3.72. The molecule has 14 heteroatoms. The minimum absolute atomic E-state index is 0.00862. The molecule has 0 bridgehead atoms. The van der Waals surface area contributed by atoms with Gasteiger partial charge in [0, 0.05) is 84.7 Å². The number of hydrogen-bond donors (Lipinski definition) is 4. The molecule has 3 aromatic carbocycles. The summed E-state index contributed by atoms with van der Waals surface area (Å²) in [4.78, 5) is 50.1. The highest BCUT2D eigenvalue weighted by molar-refractivity contribution is 6.31. The maximum absolute atomic E-state index is 12.7. The predicted molar refractivity (Wildman–Crippen MR) is 224 cm³/mol. The van der Waals surface area contributed by atoms with E-state index in [1.54, 1.807) is 6.20 Å². The van der Waals surface area contributed by atoms with Gasteiger partial charge in [0.25, 0.3) is 11.7 Å². The van der Waals surface area contributed by atoms with E-state index in [9.17, 15) is 14.4 Å². The smallest absolute Gasteiger partial charge is 0.292 e. The molecular weight excluding hydrogens is 754 g/mol. The first-order valence-corrected chi connectivity index (χ1v) is 19.9. The summed E-state index contributed by atoms with van der Waals surface area (Å²) in [6, 6.07) is 21.9. The number of hydrogen-bond acceptors (Lipinski definition) is 11. The molecule has 58 heavy (non-hydrogen) atoms. The standard InChI is InChI=1S/C44H48ClN9O4/c1-26-21-29(6-7-30(26)24-49-42(57)40-51-43(58-52-40)44(2,3)4)38(46)35-23-31(25-48-39(35)47)28-8-10-32(11-9-28)54-19-17-53(18-20-54)16-15-27-5-12-33(36(45)22-27)34-13-14-37(55)50-41(34)56/h5-12,21-23,25,34,46H,13-20,24H2,1-4H3,(H2,47,48)(H,49,57)(H,50,55,56).